The fourth-order valence-electron chi connectivity index (χ4n) is 6.88. The van der Waals surface area contributed by atoms with Gasteiger partial charge in [-0.2, -0.15) is 0 Å². The second kappa shape index (κ2) is 18.0. The third-order valence-corrected chi connectivity index (χ3v) is 10.9. The first-order valence-electron chi connectivity index (χ1n) is 19.0. The molecule has 0 bridgehead atoms. The van der Waals surface area contributed by atoms with E-state index in [0.29, 0.717) is 13.2 Å². The van der Waals surface area contributed by atoms with Crippen molar-refractivity contribution in [2.24, 2.45) is 0 Å². The number of hydrogen-bond donors (Lipinski definition) is 0. The SMILES string of the molecule is CCOc1c(C)cc(C(C)(C)c2cc(C)c(C)c(C)c2)cc1C.CCOc1c(C)cc(C(C)(C)c2cc(C)c(C)c(C)c2)cc1C.c1ccccc1. The molecular formula is C50H66O2. The van der Waals surface area contributed by atoms with Crippen LogP contribution in [0.4, 0.5) is 0 Å². The molecule has 0 radical (unpaired) electrons. The first-order valence-corrected chi connectivity index (χ1v) is 19.0. The predicted octanol–water partition coefficient (Wildman–Crippen LogP) is 13.6. The van der Waals surface area contributed by atoms with Crippen molar-refractivity contribution in [2.45, 2.75) is 122 Å². The summed E-state index contributed by atoms with van der Waals surface area (Å²) in [6.07, 6.45) is 0. The zero-order chi connectivity index (χ0) is 39.0. The van der Waals surface area contributed by atoms with Crippen LogP contribution in [0, 0.1) is 69.2 Å². The molecule has 0 aliphatic carbocycles. The van der Waals surface area contributed by atoms with Gasteiger partial charge in [-0.15, -0.1) is 0 Å². The highest BCUT2D eigenvalue weighted by Gasteiger charge is 2.27. The van der Waals surface area contributed by atoms with E-state index in [1.807, 2.05) is 50.2 Å². The summed E-state index contributed by atoms with van der Waals surface area (Å²) in [6.45, 7) is 36.5. The maximum Gasteiger partial charge on any atom is 0.125 e. The van der Waals surface area contributed by atoms with Gasteiger partial charge in [-0.25, -0.2) is 0 Å². The zero-order valence-corrected chi connectivity index (χ0v) is 35.3. The van der Waals surface area contributed by atoms with Crippen molar-refractivity contribution in [1.82, 2.24) is 0 Å². The van der Waals surface area contributed by atoms with Crippen molar-refractivity contribution in [2.75, 3.05) is 13.2 Å². The summed E-state index contributed by atoms with van der Waals surface area (Å²) in [7, 11) is 0. The number of aryl methyl sites for hydroxylation is 8. The lowest BCUT2D eigenvalue weighted by molar-refractivity contribution is 0.335. The molecule has 278 valence electrons. The summed E-state index contributed by atoms with van der Waals surface area (Å²) in [5.41, 5.74) is 18.5. The van der Waals surface area contributed by atoms with Gasteiger partial charge in [0.25, 0.3) is 0 Å². The van der Waals surface area contributed by atoms with E-state index in [4.69, 9.17) is 9.47 Å². The molecule has 0 aromatic heterocycles. The van der Waals surface area contributed by atoms with Crippen LogP contribution in [-0.2, 0) is 10.8 Å². The van der Waals surface area contributed by atoms with Gasteiger partial charge in [0.05, 0.1) is 13.2 Å². The van der Waals surface area contributed by atoms with Crippen LogP contribution in [0.25, 0.3) is 0 Å². The molecule has 0 N–H and O–H groups in total. The van der Waals surface area contributed by atoms with Gasteiger partial charge in [-0.1, -0.05) is 113 Å². The second-order valence-electron chi connectivity index (χ2n) is 15.6. The smallest absolute Gasteiger partial charge is 0.125 e. The Balaban J connectivity index is 0.000000241. The summed E-state index contributed by atoms with van der Waals surface area (Å²) < 4.78 is 11.6. The molecule has 5 aromatic rings. The Labute approximate surface area is 317 Å². The Morgan fingerprint density at radius 3 is 0.731 bits per heavy atom. The number of rotatable bonds is 8. The van der Waals surface area contributed by atoms with Crippen LogP contribution in [0.15, 0.2) is 84.9 Å². The lowest BCUT2D eigenvalue weighted by atomic mass is 9.75. The average molecular weight is 699 g/mol. The Hall–Kier alpha value is -4.30. The molecule has 0 aliphatic heterocycles. The molecular weight excluding hydrogens is 633 g/mol. The fraction of sp³-hybridized carbons (Fsp3) is 0.400. The Morgan fingerprint density at radius 1 is 0.346 bits per heavy atom. The van der Waals surface area contributed by atoms with Crippen LogP contribution in [0.1, 0.15) is 119 Å². The topological polar surface area (TPSA) is 18.5 Å². The van der Waals surface area contributed by atoms with Gasteiger partial charge in [-0.3, -0.25) is 0 Å². The molecule has 0 spiro atoms. The first-order chi connectivity index (χ1) is 24.4. The first kappa shape index (κ1) is 42.1. The van der Waals surface area contributed by atoms with Crippen LogP contribution >= 0.6 is 0 Å². The Kier molecular flexibility index (Phi) is 14.5. The molecule has 0 heterocycles. The van der Waals surface area contributed by atoms with E-state index in [9.17, 15) is 0 Å². The van der Waals surface area contributed by atoms with E-state index in [0.717, 1.165) is 11.5 Å². The van der Waals surface area contributed by atoms with Crippen molar-refractivity contribution >= 4 is 0 Å². The lowest BCUT2D eigenvalue weighted by Gasteiger charge is -2.29. The van der Waals surface area contributed by atoms with E-state index < -0.39 is 0 Å². The van der Waals surface area contributed by atoms with Gasteiger partial charge in [0.2, 0.25) is 0 Å². The van der Waals surface area contributed by atoms with E-state index in [1.165, 1.54) is 77.9 Å². The van der Waals surface area contributed by atoms with Crippen molar-refractivity contribution < 1.29 is 9.47 Å². The minimum absolute atomic E-state index is 0.0243. The summed E-state index contributed by atoms with van der Waals surface area (Å²) in [5, 5.41) is 0. The van der Waals surface area contributed by atoms with E-state index >= 15 is 0 Å². The monoisotopic (exact) mass is 699 g/mol. The maximum absolute atomic E-state index is 5.79. The average Bonchev–Trinajstić information content (AvgIpc) is 3.09. The van der Waals surface area contributed by atoms with Crippen LogP contribution in [0.2, 0.25) is 0 Å². The molecule has 0 aliphatic rings. The van der Waals surface area contributed by atoms with Gasteiger partial charge in [0.1, 0.15) is 11.5 Å². The molecule has 0 fully saturated rings. The van der Waals surface area contributed by atoms with Gasteiger partial charge in [0, 0.05) is 10.8 Å². The Bertz CT molecular complexity index is 1700. The highest BCUT2D eigenvalue weighted by atomic mass is 16.5. The molecule has 0 unspecified atom stereocenters. The molecule has 0 atom stereocenters. The quantitative estimate of drug-likeness (QED) is 0.161. The van der Waals surface area contributed by atoms with Crippen LogP contribution in [-0.4, -0.2) is 13.2 Å². The number of benzene rings is 5. The molecule has 5 rings (SSSR count). The van der Waals surface area contributed by atoms with Crippen LogP contribution < -0.4 is 9.47 Å². The van der Waals surface area contributed by atoms with Crippen molar-refractivity contribution in [3.05, 3.63) is 163 Å². The second-order valence-corrected chi connectivity index (χ2v) is 15.6. The van der Waals surface area contributed by atoms with Gasteiger partial charge < -0.3 is 9.47 Å². The van der Waals surface area contributed by atoms with Gasteiger partial charge in [-0.05, 0) is 161 Å². The largest absolute Gasteiger partial charge is 0.493 e. The summed E-state index contributed by atoms with van der Waals surface area (Å²) >= 11 is 0. The molecule has 5 aromatic carbocycles. The molecule has 52 heavy (non-hydrogen) atoms. The maximum atomic E-state index is 5.79. The van der Waals surface area contributed by atoms with Crippen LogP contribution in [0.3, 0.4) is 0 Å². The normalized spacial score (nSPS) is 11.2. The summed E-state index contributed by atoms with van der Waals surface area (Å²) in [4.78, 5) is 0. The summed E-state index contributed by atoms with van der Waals surface area (Å²) in [5.74, 6) is 2.06. The zero-order valence-electron chi connectivity index (χ0n) is 35.3. The number of ether oxygens (including phenoxy) is 2. The third-order valence-electron chi connectivity index (χ3n) is 10.9. The van der Waals surface area contributed by atoms with Crippen molar-refractivity contribution in [3.8, 4) is 11.5 Å². The van der Waals surface area contributed by atoms with E-state index in [-0.39, 0.29) is 10.8 Å². The molecule has 2 nitrogen and oxygen atoms in total. The van der Waals surface area contributed by atoms with E-state index in [2.05, 4.69) is 145 Å². The fourth-order valence-corrected chi connectivity index (χ4v) is 6.88. The third kappa shape index (κ3) is 9.97. The highest BCUT2D eigenvalue weighted by molar-refractivity contribution is 5.52. The standard InChI is InChI=1S/2C22H30O.C6H6/c2*1-9-23-21-16(4)12-20(13-17(21)5)22(7,8)19-10-14(2)18(6)15(3)11-19;1-2-4-6-5-3-1/h2*10-13H,9H2,1-8H3;1-6H. The minimum atomic E-state index is -0.0243. The van der Waals surface area contributed by atoms with E-state index in [1.54, 1.807) is 0 Å². The minimum Gasteiger partial charge on any atom is -0.493 e. The number of hydrogen-bond acceptors (Lipinski definition) is 2. The van der Waals surface area contributed by atoms with Gasteiger partial charge in [0.15, 0.2) is 0 Å². The molecule has 2 heteroatoms. The van der Waals surface area contributed by atoms with Gasteiger partial charge >= 0.3 is 0 Å². The van der Waals surface area contributed by atoms with Crippen molar-refractivity contribution in [3.63, 3.8) is 0 Å². The summed E-state index contributed by atoms with van der Waals surface area (Å²) in [6, 6.07) is 30.5. The highest BCUT2D eigenvalue weighted by Crippen LogP contribution is 2.38. The van der Waals surface area contributed by atoms with Crippen molar-refractivity contribution in [1.29, 1.82) is 0 Å². The molecule has 0 saturated carbocycles. The molecule has 0 saturated heterocycles. The molecule has 0 amide bonds. The predicted molar refractivity (Wildman–Crippen MR) is 226 cm³/mol. The Morgan fingerprint density at radius 2 is 0.538 bits per heavy atom. The lowest BCUT2D eigenvalue weighted by Crippen LogP contribution is -2.20. The van der Waals surface area contributed by atoms with Crippen LogP contribution in [0.5, 0.6) is 11.5 Å².